The van der Waals surface area contributed by atoms with Crippen LogP contribution in [0.5, 0.6) is 0 Å². The van der Waals surface area contributed by atoms with Crippen LogP contribution in [0.2, 0.25) is 5.02 Å². The summed E-state index contributed by atoms with van der Waals surface area (Å²) in [5.41, 5.74) is 4.72. The summed E-state index contributed by atoms with van der Waals surface area (Å²) in [7, 11) is 0. The summed E-state index contributed by atoms with van der Waals surface area (Å²) in [6.07, 6.45) is 4.58. The summed E-state index contributed by atoms with van der Waals surface area (Å²) in [6.45, 7) is 7.69. The molecule has 0 N–H and O–H groups in total. The van der Waals surface area contributed by atoms with Crippen LogP contribution in [0.25, 0.3) is 12.2 Å². The highest BCUT2D eigenvalue weighted by Crippen LogP contribution is 2.22. The molecule has 0 aromatic heterocycles. The summed E-state index contributed by atoms with van der Waals surface area (Å²) in [6, 6.07) is 14.1. The Bertz CT molecular complexity index is 582. The van der Waals surface area contributed by atoms with Crippen molar-refractivity contribution in [2.45, 2.75) is 6.42 Å². The van der Waals surface area contributed by atoms with Crippen LogP contribution in [0.4, 0.5) is 0 Å². The molecular weight excluding hydrogens is 240 g/mol. The lowest BCUT2D eigenvalue weighted by atomic mass is 9.96. The largest absolute Gasteiger partial charge is 0.0985 e. The Morgan fingerprint density at radius 3 is 2.28 bits per heavy atom. The first-order valence-corrected chi connectivity index (χ1v) is 6.23. The molecule has 0 bridgehead atoms. The van der Waals surface area contributed by atoms with Gasteiger partial charge in [-0.3, -0.25) is 0 Å². The van der Waals surface area contributed by atoms with Crippen LogP contribution in [0, 0.1) is 0 Å². The third kappa shape index (κ3) is 2.72. The summed E-state index contributed by atoms with van der Waals surface area (Å²) in [5.74, 6) is 0. The average molecular weight is 255 g/mol. The Labute approximate surface area is 113 Å². The van der Waals surface area contributed by atoms with Crippen LogP contribution >= 0.6 is 11.6 Å². The van der Waals surface area contributed by atoms with Gasteiger partial charge in [-0.05, 0) is 40.8 Å². The molecule has 2 aromatic carbocycles. The predicted molar refractivity (Wildman–Crippen MR) is 80.9 cm³/mol. The van der Waals surface area contributed by atoms with Crippen LogP contribution in [0.1, 0.15) is 22.3 Å². The van der Waals surface area contributed by atoms with Gasteiger partial charge in [-0.15, -0.1) is 0 Å². The number of hydrogen-bond donors (Lipinski definition) is 0. The van der Waals surface area contributed by atoms with E-state index in [1.807, 2.05) is 42.5 Å². The van der Waals surface area contributed by atoms with Gasteiger partial charge < -0.3 is 0 Å². The zero-order valence-electron chi connectivity index (χ0n) is 10.2. The van der Waals surface area contributed by atoms with E-state index >= 15 is 0 Å². The number of hydrogen-bond acceptors (Lipinski definition) is 0. The van der Waals surface area contributed by atoms with E-state index in [4.69, 9.17) is 11.6 Å². The molecule has 0 aliphatic heterocycles. The van der Waals surface area contributed by atoms with Crippen LogP contribution in [0.3, 0.4) is 0 Å². The van der Waals surface area contributed by atoms with Gasteiger partial charge in [0.05, 0.1) is 0 Å². The van der Waals surface area contributed by atoms with E-state index in [0.29, 0.717) is 0 Å². The van der Waals surface area contributed by atoms with Gasteiger partial charge in [0.2, 0.25) is 0 Å². The van der Waals surface area contributed by atoms with Gasteiger partial charge in [0.25, 0.3) is 0 Å². The summed E-state index contributed by atoms with van der Waals surface area (Å²) in [5, 5.41) is 0.756. The van der Waals surface area contributed by atoms with E-state index in [-0.39, 0.29) is 0 Å². The Balaban J connectivity index is 2.42. The zero-order valence-corrected chi connectivity index (χ0v) is 11.0. The molecule has 2 aromatic rings. The average Bonchev–Trinajstić information content (AvgIpc) is 2.40. The predicted octanol–water partition coefficient (Wildman–Crippen LogP) is 5.22. The quantitative estimate of drug-likeness (QED) is 0.702. The van der Waals surface area contributed by atoms with Crippen LogP contribution in [-0.2, 0) is 6.42 Å². The maximum atomic E-state index is 6.06. The summed E-state index contributed by atoms with van der Waals surface area (Å²) in [4.78, 5) is 0. The second kappa shape index (κ2) is 5.70. The lowest BCUT2D eigenvalue weighted by molar-refractivity contribution is 1.18. The van der Waals surface area contributed by atoms with Crippen molar-refractivity contribution in [3.8, 4) is 0 Å². The number of rotatable bonds is 4. The summed E-state index contributed by atoms with van der Waals surface area (Å²) >= 11 is 6.06. The first kappa shape index (κ1) is 12.7. The van der Waals surface area contributed by atoms with Crippen LogP contribution in [-0.4, -0.2) is 0 Å². The van der Waals surface area contributed by atoms with Gasteiger partial charge >= 0.3 is 0 Å². The highest BCUT2D eigenvalue weighted by atomic mass is 35.5. The van der Waals surface area contributed by atoms with Crippen LogP contribution < -0.4 is 0 Å². The van der Waals surface area contributed by atoms with E-state index < -0.39 is 0 Å². The van der Waals surface area contributed by atoms with E-state index in [1.165, 1.54) is 11.1 Å². The molecule has 0 heterocycles. The van der Waals surface area contributed by atoms with Crippen molar-refractivity contribution < 1.29 is 0 Å². The van der Waals surface area contributed by atoms with E-state index in [0.717, 1.165) is 22.6 Å². The fourth-order valence-corrected chi connectivity index (χ4v) is 2.22. The maximum Gasteiger partial charge on any atom is 0.0409 e. The van der Waals surface area contributed by atoms with Crippen molar-refractivity contribution in [1.82, 2.24) is 0 Å². The highest BCUT2D eigenvalue weighted by Gasteiger charge is 2.04. The van der Waals surface area contributed by atoms with Gasteiger partial charge in [-0.2, -0.15) is 0 Å². The molecule has 0 spiro atoms. The molecule has 0 fully saturated rings. The monoisotopic (exact) mass is 254 g/mol. The molecule has 0 unspecified atom stereocenters. The Hall–Kier alpha value is -1.79. The zero-order chi connectivity index (χ0) is 13.0. The Morgan fingerprint density at radius 1 is 0.889 bits per heavy atom. The number of benzene rings is 2. The second-order valence-corrected chi connectivity index (χ2v) is 4.56. The molecule has 0 radical (unpaired) electrons. The fourth-order valence-electron chi connectivity index (χ4n) is 2.03. The van der Waals surface area contributed by atoms with Crippen molar-refractivity contribution in [3.05, 3.63) is 82.9 Å². The smallest absolute Gasteiger partial charge is 0.0409 e. The highest BCUT2D eigenvalue weighted by molar-refractivity contribution is 6.30. The molecule has 2 rings (SSSR count). The van der Waals surface area contributed by atoms with Gasteiger partial charge in [-0.1, -0.05) is 67.2 Å². The first-order valence-electron chi connectivity index (χ1n) is 5.86. The van der Waals surface area contributed by atoms with Gasteiger partial charge in [0.15, 0.2) is 0 Å². The summed E-state index contributed by atoms with van der Waals surface area (Å²) < 4.78 is 0. The third-order valence-corrected chi connectivity index (χ3v) is 3.22. The topological polar surface area (TPSA) is 0 Å². The molecule has 0 atom stereocenters. The molecule has 1 heteroatoms. The van der Waals surface area contributed by atoms with Gasteiger partial charge in [0, 0.05) is 5.02 Å². The molecule has 90 valence electrons. The molecule has 0 amide bonds. The van der Waals surface area contributed by atoms with Crippen LogP contribution in [0.15, 0.2) is 55.6 Å². The standard InChI is InChI=1S/C17H15Cl/c1-3-13-7-5-6-8-15(13)11-16-12-17(18)10-9-14(16)4-2/h3-10,12H,1-2,11H2. The van der Waals surface area contributed by atoms with Crippen molar-refractivity contribution >= 4 is 23.8 Å². The van der Waals surface area contributed by atoms with Crippen molar-refractivity contribution in [2.75, 3.05) is 0 Å². The molecule has 0 saturated carbocycles. The van der Waals surface area contributed by atoms with Gasteiger partial charge in [-0.25, -0.2) is 0 Å². The molecule has 18 heavy (non-hydrogen) atoms. The van der Waals surface area contributed by atoms with Crippen molar-refractivity contribution in [1.29, 1.82) is 0 Å². The molecule has 0 saturated heterocycles. The maximum absolute atomic E-state index is 6.06. The molecular formula is C17H15Cl. The molecule has 0 aliphatic rings. The van der Waals surface area contributed by atoms with Gasteiger partial charge in [0.1, 0.15) is 0 Å². The minimum atomic E-state index is 0.756. The Kier molecular flexibility index (Phi) is 4.01. The Morgan fingerprint density at radius 2 is 1.56 bits per heavy atom. The minimum Gasteiger partial charge on any atom is -0.0985 e. The van der Waals surface area contributed by atoms with E-state index in [2.05, 4.69) is 25.3 Å². The SMILES string of the molecule is C=Cc1ccccc1Cc1cc(Cl)ccc1C=C. The number of halogens is 1. The van der Waals surface area contributed by atoms with E-state index in [1.54, 1.807) is 0 Å². The van der Waals surface area contributed by atoms with Crippen molar-refractivity contribution in [2.24, 2.45) is 0 Å². The lowest BCUT2D eigenvalue weighted by Gasteiger charge is -2.09. The third-order valence-electron chi connectivity index (χ3n) is 2.98. The lowest BCUT2D eigenvalue weighted by Crippen LogP contribution is -1.94. The minimum absolute atomic E-state index is 0.756. The van der Waals surface area contributed by atoms with E-state index in [9.17, 15) is 0 Å². The normalized spacial score (nSPS) is 10.1. The molecule has 0 aliphatic carbocycles. The fraction of sp³-hybridized carbons (Fsp3) is 0.0588. The second-order valence-electron chi connectivity index (χ2n) is 4.13. The molecule has 0 nitrogen and oxygen atoms in total. The van der Waals surface area contributed by atoms with Crippen molar-refractivity contribution in [3.63, 3.8) is 0 Å². The first-order chi connectivity index (χ1) is 8.74.